The van der Waals surface area contributed by atoms with Crippen molar-refractivity contribution in [3.05, 3.63) is 59.4 Å². The topological polar surface area (TPSA) is 59.9 Å². The van der Waals surface area contributed by atoms with E-state index >= 15 is 0 Å². The molecule has 0 aliphatic rings. The third kappa shape index (κ3) is 4.81. The molecule has 0 radical (unpaired) electrons. The van der Waals surface area contributed by atoms with E-state index in [0.717, 1.165) is 0 Å². The van der Waals surface area contributed by atoms with Crippen LogP contribution in [0.25, 0.3) is 0 Å². The lowest BCUT2D eigenvalue weighted by molar-refractivity contribution is 0.0954. The maximum Gasteiger partial charge on any atom is 0.271 e. The fourth-order valence-electron chi connectivity index (χ4n) is 1.98. The molecule has 2 aromatic carbocycles. The number of ether oxygens (including phenoxy) is 2. The van der Waals surface area contributed by atoms with Crippen molar-refractivity contribution in [2.24, 2.45) is 5.10 Å². The second-order valence-corrected chi connectivity index (χ2v) is 5.29. The van der Waals surface area contributed by atoms with Crippen LogP contribution in [-0.2, 0) is 0 Å². The van der Waals surface area contributed by atoms with Crippen molar-refractivity contribution in [3.63, 3.8) is 0 Å². The lowest BCUT2D eigenvalue weighted by Crippen LogP contribution is -2.18. The molecule has 0 aliphatic heterocycles. The van der Waals surface area contributed by atoms with Gasteiger partial charge in [-0.25, -0.2) is 9.82 Å². The lowest BCUT2D eigenvalue weighted by Gasteiger charge is -2.14. The van der Waals surface area contributed by atoms with Gasteiger partial charge >= 0.3 is 0 Å². The number of nitrogens with one attached hydrogen (secondary N) is 1. The molecule has 0 unspecified atom stereocenters. The lowest BCUT2D eigenvalue weighted by atomic mass is 10.2. The van der Waals surface area contributed by atoms with Crippen molar-refractivity contribution >= 4 is 12.1 Å². The van der Waals surface area contributed by atoms with E-state index in [2.05, 4.69) is 10.5 Å². The zero-order valence-electron chi connectivity index (χ0n) is 13.7. The highest BCUT2D eigenvalue weighted by molar-refractivity contribution is 5.95. The van der Waals surface area contributed by atoms with E-state index in [1.165, 1.54) is 25.5 Å². The Kier molecular flexibility index (Phi) is 5.89. The summed E-state index contributed by atoms with van der Waals surface area (Å²) in [6, 6.07) is 10.8. The number of benzene rings is 2. The average Bonchev–Trinajstić information content (AvgIpc) is 2.54. The van der Waals surface area contributed by atoms with Crippen molar-refractivity contribution in [2.75, 3.05) is 7.11 Å². The third-order valence-corrected chi connectivity index (χ3v) is 3.02. The maximum atomic E-state index is 13.1. The molecule has 0 saturated carbocycles. The van der Waals surface area contributed by atoms with Gasteiger partial charge in [0, 0.05) is 5.56 Å². The highest BCUT2D eigenvalue weighted by Crippen LogP contribution is 2.28. The van der Waals surface area contributed by atoms with E-state index < -0.39 is 5.91 Å². The standard InChI is InChI=1S/C18H19FN2O3/c1-12(2)24-16-8-7-14(10-17(16)23-3)18(22)21-20-11-13-5-4-6-15(19)9-13/h4-12H,1-3H3,(H,21,22)/b20-11-. The Bertz CT molecular complexity index is 745. The van der Waals surface area contributed by atoms with Gasteiger partial charge in [-0.15, -0.1) is 0 Å². The Labute approximate surface area is 140 Å². The molecule has 1 amide bonds. The number of carbonyl (C=O) groups is 1. The molecule has 6 heteroatoms. The summed E-state index contributed by atoms with van der Waals surface area (Å²) in [5.41, 5.74) is 3.31. The number of hydrazone groups is 1. The van der Waals surface area contributed by atoms with Gasteiger partial charge in [-0.2, -0.15) is 5.10 Å². The molecule has 0 heterocycles. The Hall–Kier alpha value is -2.89. The van der Waals surface area contributed by atoms with Crippen molar-refractivity contribution < 1.29 is 18.7 Å². The van der Waals surface area contributed by atoms with Crippen LogP contribution < -0.4 is 14.9 Å². The molecule has 1 N–H and O–H groups in total. The largest absolute Gasteiger partial charge is 0.493 e. The summed E-state index contributed by atoms with van der Waals surface area (Å²) in [5.74, 6) is 0.255. The quantitative estimate of drug-likeness (QED) is 0.652. The minimum Gasteiger partial charge on any atom is -0.493 e. The minimum atomic E-state index is -0.406. The zero-order valence-corrected chi connectivity index (χ0v) is 13.7. The van der Waals surface area contributed by atoms with E-state index in [1.54, 1.807) is 30.3 Å². The van der Waals surface area contributed by atoms with E-state index in [9.17, 15) is 9.18 Å². The first-order valence-electron chi connectivity index (χ1n) is 7.43. The van der Waals surface area contributed by atoms with Gasteiger partial charge in [0.15, 0.2) is 11.5 Å². The Morgan fingerprint density at radius 2 is 2.00 bits per heavy atom. The molecule has 0 spiro atoms. The summed E-state index contributed by atoms with van der Waals surface area (Å²) in [5, 5.41) is 3.82. The molecule has 126 valence electrons. The molecule has 0 atom stereocenters. The number of methoxy groups -OCH3 is 1. The van der Waals surface area contributed by atoms with Gasteiger partial charge in [-0.05, 0) is 49.7 Å². The van der Waals surface area contributed by atoms with Crippen LogP contribution in [0, 0.1) is 5.82 Å². The Morgan fingerprint density at radius 1 is 1.21 bits per heavy atom. The Morgan fingerprint density at radius 3 is 2.67 bits per heavy atom. The fourth-order valence-corrected chi connectivity index (χ4v) is 1.98. The molecule has 2 aromatic rings. The first-order chi connectivity index (χ1) is 11.5. The number of hydrogen-bond acceptors (Lipinski definition) is 4. The predicted octanol–water partition coefficient (Wildman–Crippen LogP) is 3.39. The van der Waals surface area contributed by atoms with Gasteiger partial charge in [0.05, 0.1) is 19.4 Å². The predicted molar refractivity (Wildman–Crippen MR) is 90.2 cm³/mol. The van der Waals surface area contributed by atoms with Crippen LogP contribution in [-0.4, -0.2) is 25.3 Å². The second kappa shape index (κ2) is 8.10. The molecule has 0 bridgehead atoms. The maximum absolute atomic E-state index is 13.1. The fraction of sp³-hybridized carbons (Fsp3) is 0.222. The second-order valence-electron chi connectivity index (χ2n) is 5.29. The van der Waals surface area contributed by atoms with Crippen molar-refractivity contribution in [1.29, 1.82) is 0 Å². The summed E-state index contributed by atoms with van der Waals surface area (Å²) in [6.07, 6.45) is 1.36. The van der Waals surface area contributed by atoms with Gasteiger partial charge in [-0.1, -0.05) is 12.1 Å². The molecular weight excluding hydrogens is 311 g/mol. The van der Waals surface area contributed by atoms with Gasteiger partial charge in [-0.3, -0.25) is 4.79 Å². The summed E-state index contributed by atoms with van der Waals surface area (Å²) in [6.45, 7) is 3.81. The first kappa shape index (κ1) is 17.5. The van der Waals surface area contributed by atoms with Crippen LogP contribution in [0.2, 0.25) is 0 Å². The SMILES string of the molecule is COc1cc(C(=O)N/N=C\c2cccc(F)c2)ccc1OC(C)C. The summed E-state index contributed by atoms with van der Waals surface area (Å²) in [4.78, 5) is 12.1. The van der Waals surface area contributed by atoms with Gasteiger partial charge < -0.3 is 9.47 Å². The highest BCUT2D eigenvalue weighted by atomic mass is 19.1. The van der Waals surface area contributed by atoms with E-state index in [0.29, 0.717) is 22.6 Å². The van der Waals surface area contributed by atoms with Crippen molar-refractivity contribution in [3.8, 4) is 11.5 Å². The van der Waals surface area contributed by atoms with Gasteiger partial charge in [0.1, 0.15) is 5.82 Å². The summed E-state index contributed by atoms with van der Waals surface area (Å²) < 4.78 is 23.9. The number of nitrogens with zero attached hydrogens (tertiary/aromatic N) is 1. The Balaban J connectivity index is 2.06. The van der Waals surface area contributed by atoms with E-state index in [4.69, 9.17) is 9.47 Å². The van der Waals surface area contributed by atoms with Crippen LogP contribution in [0.5, 0.6) is 11.5 Å². The highest BCUT2D eigenvalue weighted by Gasteiger charge is 2.11. The van der Waals surface area contributed by atoms with Crippen molar-refractivity contribution in [1.82, 2.24) is 5.43 Å². The smallest absolute Gasteiger partial charge is 0.271 e. The number of halogens is 1. The average molecular weight is 330 g/mol. The third-order valence-electron chi connectivity index (χ3n) is 3.02. The van der Waals surface area contributed by atoms with Crippen LogP contribution in [0.15, 0.2) is 47.6 Å². The number of amides is 1. The molecule has 5 nitrogen and oxygen atoms in total. The first-order valence-corrected chi connectivity index (χ1v) is 7.43. The molecular formula is C18H19FN2O3. The van der Waals surface area contributed by atoms with Crippen LogP contribution >= 0.6 is 0 Å². The van der Waals surface area contributed by atoms with E-state index in [-0.39, 0.29) is 11.9 Å². The van der Waals surface area contributed by atoms with Crippen molar-refractivity contribution in [2.45, 2.75) is 20.0 Å². The van der Waals surface area contributed by atoms with Gasteiger partial charge in [0.25, 0.3) is 5.91 Å². The summed E-state index contributed by atoms with van der Waals surface area (Å²) in [7, 11) is 1.51. The normalized spacial score (nSPS) is 10.9. The minimum absolute atomic E-state index is 0.00514. The molecule has 0 fully saturated rings. The summed E-state index contributed by atoms with van der Waals surface area (Å²) >= 11 is 0. The monoisotopic (exact) mass is 330 g/mol. The van der Waals surface area contributed by atoms with E-state index in [1.807, 2.05) is 13.8 Å². The molecule has 24 heavy (non-hydrogen) atoms. The number of carbonyl (C=O) groups excluding carboxylic acids is 1. The van der Waals surface area contributed by atoms with Crippen LogP contribution in [0.4, 0.5) is 4.39 Å². The number of hydrogen-bond donors (Lipinski definition) is 1. The molecule has 0 aromatic heterocycles. The molecule has 0 saturated heterocycles. The zero-order chi connectivity index (χ0) is 17.5. The molecule has 0 aliphatic carbocycles. The molecule has 2 rings (SSSR count). The van der Waals surface area contributed by atoms with Crippen LogP contribution in [0.3, 0.4) is 0 Å². The number of rotatable bonds is 6. The van der Waals surface area contributed by atoms with Gasteiger partial charge in [0.2, 0.25) is 0 Å². The van der Waals surface area contributed by atoms with Crippen LogP contribution in [0.1, 0.15) is 29.8 Å².